The van der Waals surface area contributed by atoms with Gasteiger partial charge in [0.1, 0.15) is 5.76 Å². The molecule has 2 aromatic heterocycles. The number of furan rings is 1. The van der Waals surface area contributed by atoms with Crippen LogP contribution < -0.4 is 10.6 Å². The van der Waals surface area contributed by atoms with Crippen LogP contribution in [0.2, 0.25) is 0 Å². The van der Waals surface area contributed by atoms with E-state index in [0.29, 0.717) is 61.4 Å². The van der Waals surface area contributed by atoms with Gasteiger partial charge >= 0.3 is 0 Å². The van der Waals surface area contributed by atoms with Gasteiger partial charge in [0.05, 0.1) is 30.5 Å². The molecule has 3 amide bonds. The minimum atomic E-state index is -0.285. The number of hydrogen-bond donors (Lipinski definition) is 2. The molecule has 0 unspecified atom stereocenters. The Morgan fingerprint density at radius 1 is 1.23 bits per heavy atom. The van der Waals surface area contributed by atoms with Gasteiger partial charge in [0.25, 0.3) is 5.91 Å². The van der Waals surface area contributed by atoms with Crippen molar-refractivity contribution in [2.45, 2.75) is 26.7 Å². The molecule has 3 heterocycles. The predicted molar refractivity (Wildman–Crippen MR) is 114 cm³/mol. The normalized spacial score (nSPS) is 14.5. The zero-order valence-corrected chi connectivity index (χ0v) is 18.1. The molecule has 162 valence electrons. The maximum atomic E-state index is 12.6. The van der Waals surface area contributed by atoms with E-state index in [0.717, 1.165) is 6.42 Å². The fraction of sp³-hybridized carbons (Fsp3) is 0.500. The SMILES string of the molecule is CCCNC(=O)CN1CCN(C(=O)Cc2csc(NC(=O)c3ccoc3C)n2)CC1. The molecule has 1 fully saturated rings. The molecule has 0 atom stereocenters. The van der Waals surface area contributed by atoms with Crippen LogP contribution in [0.5, 0.6) is 0 Å². The van der Waals surface area contributed by atoms with Gasteiger partial charge in [0, 0.05) is 38.1 Å². The van der Waals surface area contributed by atoms with Gasteiger partial charge in [-0.1, -0.05) is 6.92 Å². The number of piperazine rings is 1. The molecule has 0 radical (unpaired) electrons. The largest absolute Gasteiger partial charge is 0.469 e. The Hall–Kier alpha value is -2.72. The third-order valence-corrected chi connectivity index (χ3v) is 5.68. The highest BCUT2D eigenvalue weighted by Crippen LogP contribution is 2.19. The summed E-state index contributed by atoms with van der Waals surface area (Å²) < 4.78 is 5.14. The number of nitrogens with zero attached hydrogens (tertiary/aromatic N) is 3. The molecule has 2 N–H and O–H groups in total. The van der Waals surface area contributed by atoms with E-state index < -0.39 is 0 Å². The van der Waals surface area contributed by atoms with Crippen LogP contribution >= 0.6 is 11.3 Å². The predicted octanol–water partition coefficient (Wildman–Crippen LogP) is 1.51. The van der Waals surface area contributed by atoms with Crippen LogP contribution in [0.4, 0.5) is 5.13 Å². The van der Waals surface area contributed by atoms with Crippen LogP contribution in [0.1, 0.15) is 35.2 Å². The Bertz CT molecular complexity index is 885. The van der Waals surface area contributed by atoms with Crippen molar-refractivity contribution in [3.8, 4) is 0 Å². The van der Waals surface area contributed by atoms with Gasteiger partial charge in [-0.3, -0.25) is 24.6 Å². The van der Waals surface area contributed by atoms with E-state index in [1.54, 1.807) is 23.3 Å². The van der Waals surface area contributed by atoms with Gasteiger partial charge in [0.15, 0.2) is 5.13 Å². The van der Waals surface area contributed by atoms with Crippen LogP contribution in [0.15, 0.2) is 22.1 Å². The number of amides is 3. The van der Waals surface area contributed by atoms with E-state index in [4.69, 9.17) is 4.42 Å². The van der Waals surface area contributed by atoms with Crippen LogP contribution in [-0.4, -0.2) is 71.8 Å². The number of carbonyl (C=O) groups excluding carboxylic acids is 3. The van der Waals surface area contributed by atoms with Crippen LogP contribution in [-0.2, 0) is 16.0 Å². The lowest BCUT2D eigenvalue weighted by molar-refractivity contribution is -0.132. The van der Waals surface area contributed by atoms with Crippen molar-refractivity contribution in [1.82, 2.24) is 20.1 Å². The highest BCUT2D eigenvalue weighted by molar-refractivity contribution is 7.14. The topological polar surface area (TPSA) is 108 Å². The number of carbonyl (C=O) groups is 3. The second-order valence-corrected chi connectivity index (χ2v) is 8.03. The van der Waals surface area contributed by atoms with Crippen LogP contribution in [0, 0.1) is 6.92 Å². The molecule has 0 saturated carbocycles. The maximum Gasteiger partial charge on any atom is 0.260 e. The second kappa shape index (κ2) is 10.4. The number of aromatic nitrogens is 1. The minimum absolute atomic E-state index is 0.000981. The summed E-state index contributed by atoms with van der Waals surface area (Å²) in [5.41, 5.74) is 1.09. The van der Waals surface area contributed by atoms with Crippen molar-refractivity contribution in [2.75, 3.05) is 44.6 Å². The summed E-state index contributed by atoms with van der Waals surface area (Å²) in [6, 6.07) is 1.61. The Balaban J connectivity index is 1.44. The van der Waals surface area contributed by atoms with Crippen molar-refractivity contribution in [3.05, 3.63) is 34.7 Å². The molecule has 30 heavy (non-hydrogen) atoms. The number of aryl methyl sites for hydroxylation is 1. The number of hydrogen-bond acceptors (Lipinski definition) is 7. The molecule has 1 saturated heterocycles. The number of nitrogens with one attached hydrogen (secondary N) is 2. The number of thiazole rings is 1. The first-order valence-electron chi connectivity index (χ1n) is 10.0. The number of rotatable bonds is 8. The minimum Gasteiger partial charge on any atom is -0.469 e. The molecule has 10 heteroatoms. The molecule has 3 rings (SSSR count). The molecule has 1 aliphatic rings. The number of anilines is 1. The smallest absolute Gasteiger partial charge is 0.260 e. The Morgan fingerprint density at radius 2 is 2.00 bits per heavy atom. The van der Waals surface area contributed by atoms with Gasteiger partial charge < -0.3 is 14.6 Å². The van der Waals surface area contributed by atoms with Crippen molar-refractivity contribution >= 4 is 34.2 Å². The van der Waals surface area contributed by atoms with Gasteiger partial charge in [-0.15, -0.1) is 11.3 Å². The summed E-state index contributed by atoms with van der Waals surface area (Å²) >= 11 is 1.29. The average molecular weight is 434 g/mol. The summed E-state index contributed by atoms with van der Waals surface area (Å²) in [4.78, 5) is 44.9. The highest BCUT2D eigenvalue weighted by atomic mass is 32.1. The molecule has 1 aliphatic heterocycles. The zero-order chi connectivity index (χ0) is 21.5. The highest BCUT2D eigenvalue weighted by Gasteiger charge is 2.23. The lowest BCUT2D eigenvalue weighted by Gasteiger charge is -2.34. The molecule has 0 aliphatic carbocycles. The van der Waals surface area contributed by atoms with Gasteiger partial charge in [-0.2, -0.15) is 0 Å². The van der Waals surface area contributed by atoms with Crippen molar-refractivity contribution in [3.63, 3.8) is 0 Å². The van der Waals surface area contributed by atoms with Gasteiger partial charge in [-0.25, -0.2) is 4.98 Å². The van der Waals surface area contributed by atoms with E-state index in [1.807, 2.05) is 6.92 Å². The molecular weight excluding hydrogens is 406 g/mol. The van der Waals surface area contributed by atoms with Gasteiger partial charge in [0.2, 0.25) is 11.8 Å². The quantitative estimate of drug-likeness (QED) is 0.653. The lowest BCUT2D eigenvalue weighted by Crippen LogP contribution is -2.51. The first-order chi connectivity index (χ1) is 14.5. The summed E-state index contributed by atoms with van der Waals surface area (Å²) in [6.07, 6.45) is 2.57. The van der Waals surface area contributed by atoms with Crippen molar-refractivity contribution in [1.29, 1.82) is 0 Å². The fourth-order valence-corrected chi connectivity index (χ4v) is 3.88. The van der Waals surface area contributed by atoms with E-state index in [-0.39, 0.29) is 24.1 Å². The molecule has 0 spiro atoms. The standard InChI is InChI=1S/C20H27N5O4S/c1-3-5-21-17(26)12-24-6-8-25(9-7-24)18(27)11-15-13-30-20(22-15)23-19(28)16-4-10-29-14(16)2/h4,10,13H,3,5-9,11-12H2,1-2H3,(H,21,26)(H,22,23,28). The zero-order valence-electron chi connectivity index (χ0n) is 17.3. The van der Waals surface area contributed by atoms with E-state index in [9.17, 15) is 14.4 Å². The molecule has 2 aromatic rings. The lowest BCUT2D eigenvalue weighted by atomic mass is 10.2. The summed E-state index contributed by atoms with van der Waals surface area (Å²) in [5.74, 6) is 0.284. The van der Waals surface area contributed by atoms with E-state index in [2.05, 4.69) is 20.5 Å². The second-order valence-electron chi connectivity index (χ2n) is 7.17. The van der Waals surface area contributed by atoms with Crippen LogP contribution in [0.25, 0.3) is 0 Å². The Labute approximate surface area is 179 Å². The van der Waals surface area contributed by atoms with Crippen molar-refractivity contribution < 1.29 is 18.8 Å². The average Bonchev–Trinajstić information content (AvgIpc) is 3.35. The van der Waals surface area contributed by atoms with Gasteiger partial charge in [-0.05, 0) is 19.4 Å². The van der Waals surface area contributed by atoms with E-state index in [1.165, 1.54) is 17.6 Å². The maximum absolute atomic E-state index is 12.6. The Morgan fingerprint density at radius 3 is 2.67 bits per heavy atom. The van der Waals surface area contributed by atoms with Crippen LogP contribution in [0.3, 0.4) is 0 Å². The van der Waals surface area contributed by atoms with Crippen molar-refractivity contribution in [2.24, 2.45) is 0 Å². The third-order valence-electron chi connectivity index (χ3n) is 4.87. The summed E-state index contributed by atoms with van der Waals surface area (Å²) in [6.45, 7) is 7.33. The molecular formula is C20H27N5O4S. The molecule has 9 nitrogen and oxygen atoms in total. The molecule has 0 aromatic carbocycles. The third kappa shape index (κ3) is 5.90. The first-order valence-corrected chi connectivity index (χ1v) is 10.9. The first kappa shape index (κ1) is 22.0. The van der Waals surface area contributed by atoms with E-state index >= 15 is 0 Å². The monoisotopic (exact) mass is 433 g/mol. The summed E-state index contributed by atoms with van der Waals surface area (Å²) in [5, 5.41) is 7.84. The molecule has 0 bridgehead atoms. The summed E-state index contributed by atoms with van der Waals surface area (Å²) in [7, 11) is 0. The Kier molecular flexibility index (Phi) is 7.58. The fourth-order valence-electron chi connectivity index (χ4n) is 3.18.